The van der Waals surface area contributed by atoms with Crippen molar-refractivity contribution in [2.45, 2.75) is 71.6 Å². The van der Waals surface area contributed by atoms with Crippen LogP contribution in [0.5, 0.6) is 0 Å². The van der Waals surface area contributed by atoms with E-state index in [0.717, 1.165) is 22.3 Å². The SMILES string of the molecule is CC(=O)O[C@@H]1[C@@H](OC(C)=O)[C@H](OC(=O)c2ccc(C)cc2C)O[C@@H]2CO[C@@H](c3ccc(C)cc3)O[C@@H]12. The molecule has 2 aromatic carbocycles. The van der Waals surface area contributed by atoms with Gasteiger partial charge in [0.25, 0.3) is 0 Å². The summed E-state index contributed by atoms with van der Waals surface area (Å²) in [5, 5.41) is 0. The van der Waals surface area contributed by atoms with E-state index in [1.54, 1.807) is 19.1 Å². The minimum absolute atomic E-state index is 0.0748. The number of hydrogen-bond donors (Lipinski definition) is 0. The molecule has 36 heavy (non-hydrogen) atoms. The number of rotatable bonds is 5. The van der Waals surface area contributed by atoms with Crippen LogP contribution in [-0.4, -0.2) is 55.2 Å². The molecule has 4 rings (SSSR count). The Labute approximate surface area is 209 Å². The molecular weight excluding hydrogens is 468 g/mol. The number of carbonyl (C=O) groups is 3. The van der Waals surface area contributed by atoms with Crippen molar-refractivity contribution in [3.63, 3.8) is 0 Å². The second-order valence-corrected chi connectivity index (χ2v) is 9.09. The molecule has 2 heterocycles. The predicted molar refractivity (Wildman–Crippen MR) is 126 cm³/mol. The Kier molecular flexibility index (Phi) is 7.73. The molecule has 2 aliphatic heterocycles. The summed E-state index contributed by atoms with van der Waals surface area (Å²) in [5.41, 5.74) is 3.91. The lowest BCUT2D eigenvalue weighted by molar-refractivity contribution is -0.354. The van der Waals surface area contributed by atoms with Gasteiger partial charge in [0.2, 0.25) is 12.4 Å². The maximum atomic E-state index is 13.0. The minimum Gasteiger partial charge on any atom is -0.455 e. The largest absolute Gasteiger partial charge is 0.455 e. The predicted octanol–water partition coefficient (Wildman–Crippen LogP) is 3.47. The van der Waals surface area contributed by atoms with Gasteiger partial charge in [-0.3, -0.25) is 9.59 Å². The van der Waals surface area contributed by atoms with Gasteiger partial charge in [-0.2, -0.15) is 0 Å². The first-order valence-electron chi connectivity index (χ1n) is 11.7. The van der Waals surface area contributed by atoms with Crippen LogP contribution in [0.1, 0.15) is 52.7 Å². The van der Waals surface area contributed by atoms with E-state index in [1.165, 1.54) is 13.8 Å². The molecule has 0 saturated carbocycles. The Morgan fingerprint density at radius 3 is 2.08 bits per heavy atom. The number of aryl methyl sites for hydroxylation is 3. The molecule has 2 aromatic rings. The second-order valence-electron chi connectivity index (χ2n) is 9.09. The van der Waals surface area contributed by atoms with Crippen molar-refractivity contribution in [1.82, 2.24) is 0 Å². The van der Waals surface area contributed by atoms with Crippen LogP contribution in [0.2, 0.25) is 0 Å². The Hall–Kier alpha value is -3.27. The van der Waals surface area contributed by atoms with Crippen molar-refractivity contribution < 1.29 is 42.8 Å². The smallest absolute Gasteiger partial charge is 0.340 e. The molecule has 9 nitrogen and oxygen atoms in total. The monoisotopic (exact) mass is 498 g/mol. The quantitative estimate of drug-likeness (QED) is 0.452. The normalized spacial score (nSPS) is 27.5. The molecule has 9 heteroatoms. The van der Waals surface area contributed by atoms with Crippen LogP contribution in [-0.2, 0) is 38.0 Å². The van der Waals surface area contributed by atoms with Crippen LogP contribution in [0.4, 0.5) is 0 Å². The van der Waals surface area contributed by atoms with Gasteiger partial charge >= 0.3 is 17.9 Å². The van der Waals surface area contributed by atoms with Gasteiger partial charge in [0, 0.05) is 19.4 Å². The number of hydrogen-bond acceptors (Lipinski definition) is 9. The van der Waals surface area contributed by atoms with Crippen LogP contribution in [0.15, 0.2) is 42.5 Å². The summed E-state index contributed by atoms with van der Waals surface area (Å²) in [5.74, 6) is -1.93. The minimum atomic E-state index is -1.35. The van der Waals surface area contributed by atoms with E-state index in [9.17, 15) is 14.4 Å². The van der Waals surface area contributed by atoms with Crippen molar-refractivity contribution in [2.75, 3.05) is 6.61 Å². The molecule has 0 spiro atoms. The van der Waals surface area contributed by atoms with Crippen molar-refractivity contribution in [3.05, 3.63) is 70.3 Å². The first kappa shape index (κ1) is 25.8. The molecule has 0 aliphatic carbocycles. The lowest BCUT2D eigenvalue weighted by Crippen LogP contribution is -2.64. The van der Waals surface area contributed by atoms with Crippen LogP contribution < -0.4 is 0 Å². The Balaban J connectivity index is 1.61. The molecular formula is C27H30O9. The Morgan fingerprint density at radius 1 is 0.806 bits per heavy atom. The molecule has 0 N–H and O–H groups in total. The number of ether oxygens (including phenoxy) is 6. The molecule has 6 atom stereocenters. The van der Waals surface area contributed by atoms with Crippen molar-refractivity contribution in [1.29, 1.82) is 0 Å². The molecule has 2 fully saturated rings. The molecule has 0 amide bonds. The van der Waals surface area contributed by atoms with Crippen molar-refractivity contribution >= 4 is 17.9 Å². The Bertz CT molecular complexity index is 1130. The first-order chi connectivity index (χ1) is 17.1. The van der Waals surface area contributed by atoms with Gasteiger partial charge in [-0.1, -0.05) is 47.5 Å². The third kappa shape index (κ3) is 5.75. The maximum Gasteiger partial charge on any atom is 0.340 e. The van der Waals surface area contributed by atoms with Crippen molar-refractivity contribution in [3.8, 4) is 0 Å². The van der Waals surface area contributed by atoms with E-state index in [-0.39, 0.29) is 6.61 Å². The van der Waals surface area contributed by atoms with Crippen molar-refractivity contribution in [2.24, 2.45) is 0 Å². The highest BCUT2D eigenvalue weighted by Gasteiger charge is 2.54. The third-order valence-corrected chi connectivity index (χ3v) is 6.06. The highest BCUT2D eigenvalue weighted by Crippen LogP contribution is 2.37. The zero-order chi connectivity index (χ0) is 26.0. The van der Waals surface area contributed by atoms with Crippen LogP contribution >= 0.6 is 0 Å². The van der Waals surface area contributed by atoms with Crippen LogP contribution in [0, 0.1) is 20.8 Å². The first-order valence-corrected chi connectivity index (χ1v) is 11.7. The van der Waals surface area contributed by atoms with E-state index < -0.39 is 54.9 Å². The van der Waals surface area contributed by atoms with E-state index in [4.69, 9.17) is 28.4 Å². The van der Waals surface area contributed by atoms with Crippen LogP contribution in [0.3, 0.4) is 0 Å². The summed E-state index contributed by atoms with van der Waals surface area (Å²) in [4.78, 5) is 37.0. The van der Waals surface area contributed by atoms with E-state index in [1.807, 2.05) is 44.2 Å². The molecule has 0 bridgehead atoms. The molecule has 0 unspecified atom stereocenters. The summed E-state index contributed by atoms with van der Waals surface area (Å²) in [6.45, 7) is 8.20. The van der Waals surface area contributed by atoms with Gasteiger partial charge in [0.1, 0.15) is 12.2 Å². The van der Waals surface area contributed by atoms with Gasteiger partial charge < -0.3 is 28.4 Å². The summed E-state index contributed by atoms with van der Waals surface area (Å²) in [6, 6.07) is 12.9. The number of fused-ring (bicyclic) bond motifs is 1. The molecule has 0 aromatic heterocycles. The summed E-state index contributed by atoms with van der Waals surface area (Å²) in [7, 11) is 0. The summed E-state index contributed by atoms with van der Waals surface area (Å²) < 4.78 is 34.7. The van der Waals surface area contributed by atoms with Crippen LogP contribution in [0.25, 0.3) is 0 Å². The van der Waals surface area contributed by atoms with Gasteiger partial charge in [-0.05, 0) is 32.4 Å². The second kappa shape index (κ2) is 10.8. The number of benzene rings is 2. The molecule has 192 valence electrons. The molecule has 2 saturated heterocycles. The third-order valence-electron chi connectivity index (χ3n) is 6.06. The highest BCUT2D eigenvalue weighted by molar-refractivity contribution is 5.91. The fraction of sp³-hybridized carbons (Fsp3) is 0.444. The van der Waals surface area contributed by atoms with E-state index in [0.29, 0.717) is 5.56 Å². The fourth-order valence-electron chi connectivity index (χ4n) is 4.39. The van der Waals surface area contributed by atoms with Gasteiger partial charge in [0.15, 0.2) is 12.4 Å². The highest BCUT2D eigenvalue weighted by atomic mass is 16.8. The standard InChI is InChI=1S/C27H30O9/c1-14-6-9-19(10-7-14)26-31-13-21-22(35-26)23(32-17(4)28)24(33-18(5)29)27(34-21)36-25(30)20-11-8-15(2)12-16(20)3/h6-12,21-24,26-27H,13H2,1-5H3/t21-,22-,23+,24-,26-,27+/m1/s1. The van der Waals surface area contributed by atoms with E-state index in [2.05, 4.69) is 0 Å². The van der Waals surface area contributed by atoms with Gasteiger partial charge in [-0.15, -0.1) is 0 Å². The topological polar surface area (TPSA) is 107 Å². The summed E-state index contributed by atoms with van der Waals surface area (Å²) >= 11 is 0. The molecule has 0 radical (unpaired) electrons. The molecule has 2 aliphatic rings. The lowest BCUT2D eigenvalue weighted by atomic mass is 9.97. The average molecular weight is 499 g/mol. The van der Waals surface area contributed by atoms with E-state index >= 15 is 0 Å². The zero-order valence-electron chi connectivity index (χ0n) is 20.9. The van der Waals surface area contributed by atoms with Gasteiger partial charge in [-0.25, -0.2) is 4.79 Å². The number of carbonyl (C=O) groups excluding carboxylic acids is 3. The van der Waals surface area contributed by atoms with Gasteiger partial charge in [0.05, 0.1) is 12.2 Å². The number of esters is 3. The fourth-order valence-corrected chi connectivity index (χ4v) is 4.39. The average Bonchev–Trinajstić information content (AvgIpc) is 2.81. The summed E-state index contributed by atoms with van der Waals surface area (Å²) in [6.07, 6.45) is -6.04. The lowest BCUT2D eigenvalue weighted by Gasteiger charge is -2.47. The zero-order valence-corrected chi connectivity index (χ0v) is 20.9. The Morgan fingerprint density at radius 2 is 1.44 bits per heavy atom. The maximum absolute atomic E-state index is 13.0.